The van der Waals surface area contributed by atoms with E-state index in [4.69, 9.17) is 13.0 Å². The van der Waals surface area contributed by atoms with Crippen molar-refractivity contribution in [3.8, 4) is 10.4 Å². The molecule has 0 amide bonds. The second kappa shape index (κ2) is 4.06. The van der Waals surface area contributed by atoms with Crippen LogP contribution in [0.2, 0.25) is 0 Å². The lowest BCUT2D eigenvalue weighted by atomic mass is 10.1. The molecule has 0 bridgehead atoms. The molecule has 1 heterocycles. The van der Waals surface area contributed by atoms with Crippen LogP contribution in [0.5, 0.6) is 0 Å². The highest BCUT2D eigenvalue weighted by molar-refractivity contribution is 7.22. The first kappa shape index (κ1) is 10.8. The molecule has 3 nitrogen and oxygen atoms in total. The third kappa shape index (κ3) is 1.97. The summed E-state index contributed by atoms with van der Waals surface area (Å²) in [5, 5.41) is 8.91. The molecule has 16 heavy (non-hydrogen) atoms. The fourth-order valence-corrected chi connectivity index (χ4v) is 2.11. The summed E-state index contributed by atoms with van der Waals surface area (Å²) in [6.45, 7) is 0. The number of aromatic carboxylic acids is 1. The number of benzene rings is 1. The number of carboxylic acids is 1. The molecule has 1 aromatic carbocycles. The second-order valence-electron chi connectivity index (χ2n) is 3.04. The number of carboxylic acid groups (broad SMARTS) is 1. The van der Waals surface area contributed by atoms with Gasteiger partial charge < -0.3 is 5.11 Å². The van der Waals surface area contributed by atoms with Crippen LogP contribution in [0.15, 0.2) is 24.3 Å². The van der Waals surface area contributed by atoms with Gasteiger partial charge in [0.15, 0.2) is 13.5 Å². The lowest BCUT2D eigenvalue weighted by molar-refractivity contribution is 0.0692. The van der Waals surface area contributed by atoms with E-state index in [0.29, 0.717) is 10.4 Å². The molecule has 2 aromatic rings. The first-order valence-corrected chi connectivity index (χ1v) is 5.15. The lowest BCUT2D eigenvalue weighted by Crippen LogP contribution is -2.04. The average molecular weight is 233 g/mol. The molecule has 0 aliphatic carbocycles. The molecule has 2 rings (SSSR count). The summed E-state index contributed by atoms with van der Waals surface area (Å²) < 4.78 is 12.7. The van der Waals surface area contributed by atoms with E-state index in [0.717, 1.165) is 11.3 Å². The monoisotopic (exact) mass is 233 g/mol. The van der Waals surface area contributed by atoms with Crippen LogP contribution < -0.4 is 4.91 Å². The fourth-order valence-electron chi connectivity index (χ4n) is 1.28. The number of hydrogen-bond acceptors (Lipinski definition) is 3. The van der Waals surface area contributed by atoms with Crippen molar-refractivity contribution in [2.75, 3.05) is 0 Å². The highest BCUT2D eigenvalue weighted by Gasteiger charge is 2.16. The molecular weight excluding hydrogens is 228 g/mol. The van der Waals surface area contributed by atoms with Crippen molar-refractivity contribution in [1.29, 1.82) is 0 Å². The molecule has 0 atom stereocenters. The van der Waals surface area contributed by atoms with Gasteiger partial charge in [-0.25, -0.2) is 14.2 Å². The Labute approximate surface area is 96.0 Å². The molecule has 0 fully saturated rings. The predicted octanol–water partition coefficient (Wildman–Crippen LogP) is 1.44. The van der Waals surface area contributed by atoms with Crippen molar-refractivity contribution >= 4 is 30.1 Å². The van der Waals surface area contributed by atoms with Gasteiger partial charge in [-0.15, -0.1) is 11.3 Å². The number of halogens is 1. The van der Waals surface area contributed by atoms with Crippen molar-refractivity contribution in [2.45, 2.75) is 0 Å². The summed E-state index contributed by atoms with van der Waals surface area (Å²) in [7, 11) is 5.45. The first-order valence-electron chi connectivity index (χ1n) is 4.33. The molecule has 0 saturated carbocycles. The van der Waals surface area contributed by atoms with E-state index in [9.17, 15) is 9.18 Å². The normalized spacial score (nSPS) is 10.3. The minimum Gasteiger partial charge on any atom is -0.476 e. The van der Waals surface area contributed by atoms with Crippen LogP contribution in [0.3, 0.4) is 0 Å². The average Bonchev–Trinajstić information content (AvgIpc) is 2.61. The quantitative estimate of drug-likeness (QED) is 0.798. The van der Waals surface area contributed by atoms with Crippen molar-refractivity contribution in [1.82, 2.24) is 4.98 Å². The van der Waals surface area contributed by atoms with Crippen LogP contribution in [0, 0.1) is 5.82 Å². The Kier molecular flexibility index (Phi) is 2.74. The van der Waals surface area contributed by atoms with Gasteiger partial charge in [-0.05, 0) is 17.7 Å². The standard InChI is InChI=1S/C10H5BFNO2S/c11-10-13-7(9(14)15)8(16-10)5-1-3-6(12)4-2-5/h1-4H,(H,14,15). The van der Waals surface area contributed by atoms with E-state index in [2.05, 4.69) is 4.98 Å². The van der Waals surface area contributed by atoms with Gasteiger partial charge >= 0.3 is 5.97 Å². The Morgan fingerprint density at radius 3 is 2.56 bits per heavy atom. The number of rotatable bonds is 2. The van der Waals surface area contributed by atoms with Crippen LogP contribution in [0.25, 0.3) is 10.4 Å². The number of aromatic nitrogens is 1. The maximum Gasteiger partial charge on any atom is 0.355 e. The van der Waals surface area contributed by atoms with E-state index in [1.807, 2.05) is 0 Å². The summed E-state index contributed by atoms with van der Waals surface area (Å²) in [4.78, 5) is 15.2. The third-order valence-corrected chi connectivity index (χ3v) is 2.89. The lowest BCUT2D eigenvalue weighted by Gasteiger charge is -1.98. The van der Waals surface area contributed by atoms with Crippen LogP contribution in [-0.2, 0) is 0 Å². The smallest absolute Gasteiger partial charge is 0.355 e. The van der Waals surface area contributed by atoms with Crippen LogP contribution in [0.4, 0.5) is 4.39 Å². The van der Waals surface area contributed by atoms with E-state index in [1.165, 1.54) is 24.3 Å². The molecule has 1 N–H and O–H groups in total. The SMILES string of the molecule is [B]c1nc(C(=O)O)c(-c2ccc(F)cc2)s1. The molecule has 0 unspecified atom stereocenters. The summed E-state index contributed by atoms with van der Waals surface area (Å²) in [6.07, 6.45) is 0. The fraction of sp³-hybridized carbons (Fsp3) is 0. The molecule has 0 saturated heterocycles. The molecule has 2 radical (unpaired) electrons. The minimum atomic E-state index is -1.15. The predicted molar refractivity (Wildman–Crippen MR) is 59.9 cm³/mol. The third-order valence-electron chi connectivity index (χ3n) is 1.95. The van der Waals surface area contributed by atoms with Crippen molar-refractivity contribution in [2.24, 2.45) is 0 Å². The van der Waals surface area contributed by atoms with Gasteiger partial charge in [-0.3, -0.25) is 0 Å². The summed E-state index contributed by atoms with van der Waals surface area (Å²) in [6, 6.07) is 5.51. The number of carbonyl (C=O) groups is 1. The van der Waals surface area contributed by atoms with E-state index >= 15 is 0 Å². The molecule has 6 heteroatoms. The summed E-state index contributed by atoms with van der Waals surface area (Å²) in [5.74, 6) is -1.52. The van der Waals surface area contributed by atoms with Gasteiger partial charge in [0, 0.05) is 4.91 Å². The van der Waals surface area contributed by atoms with E-state index in [-0.39, 0.29) is 16.4 Å². The van der Waals surface area contributed by atoms with Gasteiger partial charge in [-0.2, -0.15) is 0 Å². The Bertz CT molecular complexity index is 538. The highest BCUT2D eigenvalue weighted by atomic mass is 32.1. The second-order valence-corrected chi connectivity index (χ2v) is 4.07. The van der Waals surface area contributed by atoms with E-state index in [1.54, 1.807) is 0 Å². The largest absolute Gasteiger partial charge is 0.476 e. The zero-order valence-electron chi connectivity index (χ0n) is 7.98. The number of thiazole rings is 1. The van der Waals surface area contributed by atoms with Gasteiger partial charge in [-0.1, -0.05) is 12.1 Å². The molecule has 1 aromatic heterocycles. The Balaban J connectivity index is 2.55. The summed E-state index contributed by atoms with van der Waals surface area (Å²) >= 11 is 1.07. The van der Waals surface area contributed by atoms with E-state index < -0.39 is 5.97 Å². The Hall–Kier alpha value is -1.69. The molecule has 0 spiro atoms. The van der Waals surface area contributed by atoms with Crippen molar-refractivity contribution in [3.05, 3.63) is 35.8 Å². The zero-order chi connectivity index (χ0) is 11.7. The van der Waals surface area contributed by atoms with Gasteiger partial charge in [0.1, 0.15) is 5.82 Å². The van der Waals surface area contributed by atoms with Gasteiger partial charge in [0.2, 0.25) is 0 Å². The van der Waals surface area contributed by atoms with Crippen molar-refractivity contribution < 1.29 is 14.3 Å². The molecule has 0 aliphatic heterocycles. The Morgan fingerprint density at radius 1 is 1.38 bits per heavy atom. The van der Waals surface area contributed by atoms with Crippen LogP contribution >= 0.6 is 11.3 Å². The topological polar surface area (TPSA) is 50.2 Å². The van der Waals surface area contributed by atoms with Crippen molar-refractivity contribution in [3.63, 3.8) is 0 Å². The molecular formula is C10H5BFNO2S. The summed E-state index contributed by atoms with van der Waals surface area (Å²) in [5.41, 5.74) is 0.488. The van der Waals surface area contributed by atoms with Gasteiger partial charge in [0.25, 0.3) is 0 Å². The zero-order valence-corrected chi connectivity index (χ0v) is 8.79. The molecule has 0 aliphatic rings. The Morgan fingerprint density at radius 2 is 2.00 bits per heavy atom. The minimum absolute atomic E-state index is 0.103. The van der Waals surface area contributed by atoms with Crippen LogP contribution in [-0.4, -0.2) is 23.9 Å². The van der Waals surface area contributed by atoms with Crippen LogP contribution in [0.1, 0.15) is 10.5 Å². The maximum absolute atomic E-state index is 12.7. The highest BCUT2D eigenvalue weighted by Crippen LogP contribution is 2.26. The number of nitrogens with zero attached hydrogens (tertiary/aromatic N) is 1. The molecule has 78 valence electrons. The first-order chi connectivity index (χ1) is 7.58. The number of hydrogen-bond donors (Lipinski definition) is 1. The maximum atomic E-state index is 12.7. The van der Waals surface area contributed by atoms with Gasteiger partial charge in [0.05, 0.1) is 4.88 Å².